The first-order chi connectivity index (χ1) is 15.7. The summed E-state index contributed by atoms with van der Waals surface area (Å²) < 4.78 is 1.75. The fourth-order valence-electron chi connectivity index (χ4n) is 4.13. The van der Waals surface area contributed by atoms with Crippen LogP contribution in [0.25, 0.3) is 11.0 Å². The van der Waals surface area contributed by atoms with Crippen LogP contribution < -0.4 is 16.0 Å². The Morgan fingerprint density at radius 1 is 1.16 bits per heavy atom. The number of hydrogen-bond acceptors (Lipinski definition) is 6. The van der Waals surface area contributed by atoms with Gasteiger partial charge in [0.2, 0.25) is 0 Å². The number of fused-ring (bicyclic) bond motifs is 1. The van der Waals surface area contributed by atoms with Gasteiger partial charge in [-0.25, -0.2) is 9.97 Å². The fraction of sp³-hybridized carbons (Fsp3) is 0.478. The monoisotopic (exact) mass is 435 g/mol. The van der Waals surface area contributed by atoms with Crippen molar-refractivity contribution in [1.29, 1.82) is 0 Å². The van der Waals surface area contributed by atoms with Gasteiger partial charge in [0, 0.05) is 39.3 Å². The predicted octanol–water partition coefficient (Wildman–Crippen LogP) is 1.99. The average Bonchev–Trinajstić information content (AvgIpc) is 3.42. The maximum atomic E-state index is 4.87. The van der Waals surface area contributed by atoms with Crippen LogP contribution in [0.15, 0.2) is 47.8 Å². The molecule has 3 heterocycles. The molecule has 9 nitrogen and oxygen atoms in total. The molecule has 1 saturated heterocycles. The highest BCUT2D eigenvalue weighted by molar-refractivity contribution is 5.86. The molecule has 2 aromatic heterocycles. The van der Waals surface area contributed by atoms with Gasteiger partial charge in [0.15, 0.2) is 11.6 Å². The molecule has 0 bridgehead atoms. The Morgan fingerprint density at radius 3 is 2.88 bits per heavy atom. The SMILES string of the molecule is CCNC(=NCC1CCCN1Cc1ccccc1)NCCNc1ncnc2c1cnn2C. The molecule has 4 rings (SSSR count). The van der Waals surface area contributed by atoms with Crippen molar-refractivity contribution in [2.75, 3.05) is 38.0 Å². The molecule has 1 atom stereocenters. The first kappa shape index (κ1) is 22.0. The summed E-state index contributed by atoms with van der Waals surface area (Å²) in [5.41, 5.74) is 2.19. The lowest BCUT2D eigenvalue weighted by Crippen LogP contribution is -2.41. The molecule has 32 heavy (non-hydrogen) atoms. The predicted molar refractivity (Wildman–Crippen MR) is 129 cm³/mol. The van der Waals surface area contributed by atoms with Crippen LogP contribution in [0.1, 0.15) is 25.3 Å². The van der Waals surface area contributed by atoms with Crippen molar-refractivity contribution in [3.05, 3.63) is 48.4 Å². The second-order valence-electron chi connectivity index (χ2n) is 8.05. The van der Waals surface area contributed by atoms with E-state index < -0.39 is 0 Å². The molecule has 1 unspecified atom stereocenters. The molecule has 9 heteroatoms. The van der Waals surface area contributed by atoms with Crippen molar-refractivity contribution in [1.82, 2.24) is 35.3 Å². The highest BCUT2D eigenvalue weighted by atomic mass is 15.3. The Labute approximate surface area is 189 Å². The second-order valence-corrected chi connectivity index (χ2v) is 8.05. The lowest BCUT2D eigenvalue weighted by atomic mass is 10.2. The summed E-state index contributed by atoms with van der Waals surface area (Å²) >= 11 is 0. The molecular formula is C23H33N9. The van der Waals surface area contributed by atoms with E-state index in [4.69, 9.17) is 4.99 Å². The smallest absolute Gasteiger partial charge is 0.191 e. The minimum Gasteiger partial charge on any atom is -0.368 e. The van der Waals surface area contributed by atoms with Crippen LogP contribution in [0.3, 0.4) is 0 Å². The van der Waals surface area contributed by atoms with E-state index >= 15 is 0 Å². The van der Waals surface area contributed by atoms with E-state index in [9.17, 15) is 0 Å². The van der Waals surface area contributed by atoms with Gasteiger partial charge in [-0.1, -0.05) is 30.3 Å². The number of rotatable bonds is 9. The molecule has 1 aliphatic rings. The Kier molecular flexibility index (Phi) is 7.50. The van der Waals surface area contributed by atoms with Crippen molar-refractivity contribution in [2.45, 2.75) is 32.4 Å². The van der Waals surface area contributed by atoms with E-state index in [1.54, 1.807) is 17.2 Å². The van der Waals surface area contributed by atoms with Crippen molar-refractivity contribution < 1.29 is 0 Å². The molecule has 0 saturated carbocycles. The van der Waals surface area contributed by atoms with Crippen molar-refractivity contribution in [3.63, 3.8) is 0 Å². The molecule has 170 valence electrons. The number of hydrogen-bond donors (Lipinski definition) is 3. The van der Waals surface area contributed by atoms with E-state index in [0.717, 1.165) is 62.1 Å². The molecule has 1 aromatic carbocycles. The number of nitrogens with zero attached hydrogens (tertiary/aromatic N) is 6. The minimum atomic E-state index is 0.490. The van der Waals surface area contributed by atoms with Crippen molar-refractivity contribution in [2.24, 2.45) is 12.0 Å². The third-order valence-corrected chi connectivity index (χ3v) is 5.77. The largest absolute Gasteiger partial charge is 0.368 e. The van der Waals surface area contributed by atoms with Crippen LogP contribution in [0.4, 0.5) is 5.82 Å². The Morgan fingerprint density at radius 2 is 2.03 bits per heavy atom. The van der Waals surface area contributed by atoms with Gasteiger partial charge in [0.1, 0.15) is 12.1 Å². The van der Waals surface area contributed by atoms with Gasteiger partial charge < -0.3 is 16.0 Å². The normalized spacial score (nSPS) is 17.1. The summed E-state index contributed by atoms with van der Waals surface area (Å²) in [7, 11) is 1.88. The summed E-state index contributed by atoms with van der Waals surface area (Å²) in [5, 5.41) is 15.3. The standard InChI is InChI=1S/C23H33N9/c1-3-24-23(26-12-11-25-21-20-15-30-31(2)22(20)29-17-28-21)27-14-19-10-7-13-32(19)16-18-8-5-4-6-9-18/h4-6,8-9,15,17,19H,3,7,10-14,16H2,1-2H3,(H2,24,26,27)(H,25,28,29). The van der Waals surface area contributed by atoms with E-state index in [1.165, 1.54) is 18.4 Å². The Balaban J connectivity index is 1.28. The van der Waals surface area contributed by atoms with Crippen LogP contribution in [0.2, 0.25) is 0 Å². The maximum absolute atomic E-state index is 4.87. The van der Waals surface area contributed by atoms with Crippen LogP contribution >= 0.6 is 0 Å². The summed E-state index contributed by atoms with van der Waals surface area (Å²) in [6.07, 6.45) is 5.79. The molecule has 3 N–H and O–H groups in total. The third-order valence-electron chi connectivity index (χ3n) is 5.77. The van der Waals surface area contributed by atoms with Crippen molar-refractivity contribution in [3.8, 4) is 0 Å². The van der Waals surface area contributed by atoms with Gasteiger partial charge in [-0.05, 0) is 31.9 Å². The van der Waals surface area contributed by atoms with Gasteiger partial charge in [0.05, 0.1) is 18.1 Å². The fourth-order valence-corrected chi connectivity index (χ4v) is 4.13. The topological polar surface area (TPSA) is 95.3 Å². The molecule has 1 aliphatic heterocycles. The zero-order valence-corrected chi connectivity index (χ0v) is 19.0. The van der Waals surface area contributed by atoms with Gasteiger partial charge >= 0.3 is 0 Å². The van der Waals surface area contributed by atoms with Crippen molar-refractivity contribution >= 4 is 22.8 Å². The highest BCUT2D eigenvalue weighted by Crippen LogP contribution is 2.20. The zero-order valence-electron chi connectivity index (χ0n) is 19.0. The molecule has 1 fully saturated rings. The molecule has 0 spiro atoms. The second kappa shape index (κ2) is 10.9. The number of benzene rings is 1. The highest BCUT2D eigenvalue weighted by Gasteiger charge is 2.24. The number of aromatic nitrogens is 4. The van der Waals surface area contributed by atoms with Gasteiger partial charge in [0.25, 0.3) is 0 Å². The van der Waals surface area contributed by atoms with E-state index in [1.807, 2.05) is 7.05 Å². The van der Waals surface area contributed by atoms with Gasteiger partial charge in [-0.15, -0.1) is 0 Å². The maximum Gasteiger partial charge on any atom is 0.191 e. The van der Waals surface area contributed by atoms with E-state index in [-0.39, 0.29) is 0 Å². The quantitative estimate of drug-likeness (QED) is 0.269. The lowest BCUT2D eigenvalue weighted by Gasteiger charge is -2.23. The van der Waals surface area contributed by atoms with Gasteiger partial charge in [-0.2, -0.15) is 5.10 Å². The number of guanidine groups is 1. The minimum absolute atomic E-state index is 0.490. The zero-order chi connectivity index (χ0) is 22.2. The summed E-state index contributed by atoms with van der Waals surface area (Å²) in [6.45, 7) is 7.32. The number of nitrogens with one attached hydrogen (secondary N) is 3. The van der Waals surface area contributed by atoms with Gasteiger partial charge in [-0.3, -0.25) is 14.6 Å². The lowest BCUT2D eigenvalue weighted by molar-refractivity contribution is 0.250. The van der Waals surface area contributed by atoms with Crippen LogP contribution in [0, 0.1) is 0 Å². The number of aliphatic imine (C=N–C) groups is 1. The molecule has 0 radical (unpaired) electrons. The Bertz CT molecular complexity index is 1010. The molecule has 3 aromatic rings. The van der Waals surface area contributed by atoms with E-state index in [0.29, 0.717) is 6.04 Å². The van der Waals surface area contributed by atoms with E-state index in [2.05, 4.69) is 73.2 Å². The molecule has 0 amide bonds. The average molecular weight is 436 g/mol. The molecule has 0 aliphatic carbocycles. The summed E-state index contributed by atoms with van der Waals surface area (Å²) in [4.78, 5) is 16.1. The third kappa shape index (κ3) is 5.53. The van der Waals surface area contributed by atoms with Crippen LogP contribution in [-0.4, -0.2) is 69.4 Å². The number of anilines is 1. The first-order valence-electron chi connectivity index (χ1n) is 11.4. The first-order valence-corrected chi connectivity index (χ1v) is 11.4. The van der Waals surface area contributed by atoms with Crippen LogP contribution in [0.5, 0.6) is 0 Å². The Hall–Kier alpha value is -3.20. The molecular weight excluding hydrogens is 402 g/mol. The summed E-state index contributed by atoms with van der Waals surface area (Å²) in [5.74, 6) is 1.66. The number of likely N-dealkylation sites (tertiary alicyclic amines) is 1. The summed E-state index contributed by atoms with van der Waals surface area (Å²) in [6, 6.07) is 11.2. The van der Waals surface area contributed by atoms with Crippen LogP contribution in [-0.2, 0) is 13.6 Å². The number of aryl methyl sites for hydroxylation is 1.